The van der Waals surface area contributed by atoms with Gasteiger partial charge in [-0.3, -0.25) is 4.79 Å². The summed E-state index contributed by atoms with van der Waals surface area (Å²) in [7, 11) is 7.23. The number of hydrogen-bond acceptors (Lipinski definition) is 2. The van der Waals surface area contributed by atoms with Crippen molar-refractivity contribution in [3.63, 3.8) is 0 Å². The van der Waals surface area contributed by atoms with Crippen molar-refractivity contribution in [2.24, 2.45) is 0 Å². The fourth-order valence-corrected chi connectivity index (χ4v) is 1.41. The molecule has 0 atom stereocenters. The van der Waals surface area contributed by atoms with Gasteiger partial charge in [0.15, 0.2) is 0 Å². The van der Waals surface area contributed by atoms with Crippen LogP contribution in [0.25, 0.3) is 10.8 Å². The topological polar surface area (TPSA) is 42.1 Å². The molecule has 3 nitrogen and oxygen atoms in total. The molecule has 2 rings (SSSR count). The highest BCUT2D eigenvalue weighted by molar-refractivity contribution is 6.35. The number of aromatic nitrogens is 1. The molecule has 0 aliphatic heterocycles. The first-order valence-corrected chi connectivity index (χ1v) is 5.17. The van der Waals surface area contributed by atoms with Crippen LogP contribution in [0.1, 0.15) is 13.8 Å². The summed E-state index contributed by atoms with van der Waals surface area (Å²) in [4.78, 5) is 14.0. The van der Waals surface area contributed by atoms with Crippen LogP contribution in [0.5, 0.6) is 5.75 Å². The second kappa shape index (κ2) is 5.40. The van der Waals surface area contributed by atoms with Gasteiger partial charge < -0.3 is 9.72 Å². The van der Waals surface area contributed by atoms with Gasteiger partial charge in [-0.2, -0.15) is 0 Å². The van der Waals surface area contributed by atoms with E-state index in [1.165, 1.54) is 7.11 Å². The molecule has 2 radical (unpaired) electrons. The normalized spacial score (nSPS) is 9.44. The lowest BCUT2D eigenvalue weighted by atomic mass is 9.92. The van der Waals surface area contributed by atoms with E-state index in [4.69, 9.17) is 12.6 Å². The van der Waals surface area contributed by atoms with Gasteiger partial charge in [0, 0.05) is 6.20 Å². The predicted octanol–water partition coefficient (Wildman–Crippen LogP) is 1.36. The van der Waals surface area contributed by atoms with Gasteiger partial charge in [-0.15, -0.1) is 0 Å². The van der Waals surface area contributed by atoms with Crippen LogP contribution in [0.2, 0.25) is 0 Å². The summed E-state index contributed by atoms with van der Waals surface area (Å²) in [5.74, 6) is 0.522. The summed E-state index contributed by atoms with van der Waals surface area (Å²) in [6.45, 7) is 4.00. The number of fused-ring (bicyclic) bond motifs is 1. The molecule has 1 aromatic carbocycles. The maximum absolute atomic E-state index is 11.4. The lowest BCUT2D eigenvalue weighted by Crippen LogP contribution is -2.11. The van der Waals surface area contributed by atoms with E-state index in [0.29, 0.717) is 16.6 Å². The Balaban J connectivity index is 0.000000606. The Bertz CT molecular complexity index is 534. The standard InChI is InChI=1S/C10H8BNO2.C2H6/c1-14-9-5-7-6(4-8(9)11)2-3-12-10(7)13;1-2/h2-5H,1H3,(H,12,13);1-2H3. The number of nitrogens with one attached hydrogen (secondary N) is 1. The second-order valence-corrected chi connectivity index (χ2v) is 2.99. The number of ether oxygens (including phenoxy) is 1. The summed E-state index contributed by atoms with van der Waals surface area (Å²) < 4.78 is 5.03. The third-order valence-electron chi connectivity index (χ3n) is 2.12. The van der Waals surface area contributed by atoms with Crippen LogP contribution < -0.4 is 15.8 Å². The van der Waals surface area contributed by atoms with E-state index in [2.05, 4.69) is 4.98 Å². The van der Waals surface area contributed by atoms with Crippen LogP contribution in [-0.4, -0.2) is 19.9 Å². The van der Waals surface area contributed by atoms with Crippen molar-refractivity contribution in [2.45, 2.75) is 13.8 Å². The summed E-state index contributed by atoms with van der Waals surface area (Å²) in [5, 5.41) is 1.39. The van der Waals surface area contributed by atoms with Crippen LogP contribution >= 0.6 is 0 Å². The molecule has 0 saturated carbocycles. The summed E-state index contributed by atoms with van der Waals surface area (Å²) in [6, 6.07) is 5.17. The molecular formula is C12H14BNO2. The Labute approximate surface area is 95.9 Å². The monoisotopic (exact) mass is 215 g/mol. The van der Waals surface area contributed by atoms with Crippen LogP contribution in [0.3, 0.4) is 0 Å². The predicted molar refractivity (Wildman–Crippen MR) is 67.9 cm³/mol. The quantitative estimate of drug-likeness (QED) is 0.729. The maximum atomic E-state index is 11.4. The van der Waals surface area contributed by atoms with Gasteiger partial charge in [0.2, 0.25) is 0 Å². The molecule has 0 spiro atoms. The molecule has 2 aromatic rings. The van der Waals surface area contributed by atoms with Crippen LogP contribution in [0.15, 0.2) is 29.2 Å². The van der Waals surface area contributed by atoms with E-state index in [1.807, 2.05) is 13.8 Å². The van der Waals surface area contributed by atoms with Crippen molar-refractivity contribution in [1.29, 1.82) is 0 Å². The third kappa shape index (κ3) is 2.27. The van der Waals surface area contributed by atoms with Crippen LogP contribution in [0.4, 0.5) is 0 Å². The van der Waals surface area contributed by atoms with Crippen molar-refractivity contribution in [3.8, 4) is 5.75 Å². The van der Waals surface area contributed by atoms with Gasteiger partial charge in [0.1, 0.15) is 13.6 Å². The van der Waals surface area contributed by atoms with Gasteiger partial charge in [-0.05, 0) is 17.5 Å². The van der Waals surface area contributed by atoms with Crippen molar-refractivity contribution in [2.75, 3.05) is 7.11 Å². The summed E-state index contributed by atoms with van der Waals surface area (Å²) in [5.41, 5.74) is 0.395. The lowest BCUT2D eigenvalue weighted by Gasteiger charge is -2.05. The van der Waals surface area contributed by atoms with Gasteiger partial charge in [-0.1, -0.05) is 25.4 Å². The second-order valence-electron chi connectivity index (χ2n) is 2.99. The Morgan fingerprint density at radius 2 is 2.00 bits per heavy atom. The molecule has 0 bridgehead atoms. The number of rotatable bonds is 1. The first kappa shape index (κ1) is 12.4. The van der Waals surface area contributed by atoms with E-state index in [1.54, 1.807) is 24.4 Å². The summed E-state index contributed by atoms with van der Waals surface area (Å²) in [6.07, 6.45) is 1.59. The number of hydrogen-bond donors (Lipinski definition) is 1. The van der Waals surface area contributed by atoms with Crippen molar-refractivity contribution < 1.29 is 4.74 Å². The van der Waals surface area contributed by atoms with E-state index in [0.717, 1.165) is 5.39 Å². The fourth-order valence-electron chi connectivity index (χ4n) is 1.41. The minimum Gasteiger partial charge on any atom is -0.497 e. The van der Waals surface area contributed by atoms with Gasteiger partial charge >= 0.3 is 0 Å². The first-order chi connectivity index (χ1) is 7.72. The third-order valence-corrected chi connectivity index (χ3v) is 2.12. The largest absolute Gasteiger partial charge is 0.497 e. The Kier molecular flexibility index (Phi) is 4.17. The minimum atomic E-state index is -0.138. The molecule has 0 aliphatic carbocycles. The first-order valence-electron chi connectivity index (χ1n) is 5.17. The van der Waals surface area contributed by atoms with Crippen LogP contribution in [-0.2, 0) is 0 Å². The molecule has 4 heteroatoms. The number of methoxy groups -OCH3 is 1. The van der Waals surface area contributed by atoms with Gasteiger partial charge in [-0.25, -0.2) is 0 Å². The van der Waals surface area contributed by atoms with Gasteiger partial charge in [0.25, 0.3) is 5.56 Å². The average molecular weight is 215 g/mol. The molecule has 16 heavy (non-hydrogen) atoms. The van der Waals surface area contributed by atoms with E-state index in [9.17, 15) is 4.79 Å². The zero-order chi connectivity index (χ0) is 12.1. The van der Waals surface area contributed by atoms with Crippen molar-refractivity contribution in [1.82, 2.24) is 4.98 Å². The van der Waals surface area contributed by atoms with E-state index in [-0.39, 0.29) is 5.56 Å². The summed E-state index contributed by atoms with van der Waals surface area (Å²) >= 11 is 0. The molecule has 1 heterocycles. The highest BCUT2D eigenvalue weighted by atomic mass is 16.5. The lowest BCUT2D eigenvalue weighted by molar-refractivity contribution is 0.419. The maximum Gasteiger partial charge on any atom is 0.255 e. The molecule has 0 aliphatic rings. The number of aromatic amines is 1. The van der Waals surface area contributed by atoms with Gasteiger partial charge in [0.05, 0.1) is 12.5 Å². The SMILES string of the molecule is CC.[B]c1cc2cc[nH]c(=O)c2cc1OC. The smallest absolute Gasteiger partial charge is 0.255 e. The highest BCUT2D eigenvalue weighted by Crippen LogP contribution is 2.13. The Morgan fingerprint density at radius 1 is 1.31 bits per heavy atom. The Hall–Kier alpha value is -1.71. The van der Waals surface area contributed by atoms with E-state index >= 15 is 0 Å². The molecule has 82 valence electrons. The molecule has 1 aromatic heterocycles. The highest BCUT2D eigenvalue weighted by Gasteiger charge is 2.02. The minimum absolute atomic E-state index is 0.138. The fraction of sp³-hybridized carbons (Fsp3) is 0.250. The zero-order valence-corrected chi connectivity index (χ0v) is 9.70. The average Bonchev–Trinajstić information content (AvgIpc) is 2.31. The van der Waals surface area contributed by atoms with E-state index < -0.39 is 0 Å². The zero-order valence-electron chi connectivity index (χ0n) is 9.70. The molecule has 0 fully saturated rings. The van der Waals surface area contributed by atoms with Crippen molar-refractivity contribution >= 4 is 24.1 Å². The van der Waals surface area contributed by atoms with Crippen molar-refractivity contribution in [3.05, 3.63) is 34.7 Å². The number of pyridine rings is 1. The molecular weight excluding hydrogens is 201 g/mol. The number of benzene rings is 1. The molecule has 1 N–H and O–H groups in total. The van der Waals surface area contributed by atoms with Crippen LogP contribution in [0, 0.1) is 0 Å². The molecule has 0 saturated heterocycles. The molecule has 0 unspecified atom stereocenters. The Morgan fingerprint density at radius 3 is 2.62 bits per heavy atom. The number of H-pyrrole nitrogens is 1. The molecule has 0 amide bonds.